The highest BCUT2D eigenvalue weighted by Crippen LogP contribution is 2.73. The number of hydrogen-bond donors (Lipinski definition) is 1. The van der Waals surface area contributed by atoms with Crippen molar-refractivity contribution >= 4 is 7.82 Å². The van der Waals surface area contributed by atoms with Crippen LogP contribution >= 0.6 is 7.82 Å². The Morgan fingerprint density at radius 1 is 0.864 bits per heavy atom. The largest absolute Gasteiger partial charge is 0.484 e. The lowest BCUT2D eigenvalue weighted by Crippen LogP contribution is -2.43. The van der Waals surface area contributed by atoms with Crippen molar-refractivity contribution in [3.63, 3.8) is 0 Å². The van der Waals surface area contributed by atoms with Gasteiger partial charge in [0.25, 0.3) is 0 Å². The standard InChI is InChI=1S/C16H31O5P/c1-2-3-4-5-6-7-8-9-10-11-12-13-14-15-16(17)20-22(18,19-15)21-16/h15,17H,2-14H2,1H3. The number of rotatable bonds is 13. The molecule has 130 valence electrons. The Hall–Kier alpha value is 0.0700. The van der Waals surface area contributed by atoms with E-state index in [1.54, 1.807) is 0 Å². The molecule has 0 spiro atoms. The maximum absolute atomic E-state index is 11.4. The van der Waals surface area contributed by atoms with Gasteiger partial charge in [-0.3, -0.25) is 4.52 Å². The second-order valence-corrected chi connectivity index (χ2v) is 8.00. The van der Waals surface area contributed by atoms with E-state index < -0.39 is 19.9 Å². The van der Waals surface area contributed by atoms with E-state index in [0.717, 1.165) is 12.8 Å². The molecule has 0 aromatic rings. The predicted octanol–water partition coefficient (Wildman–Crippen LogP) is 5.28. The molecule has 5 nitrogen and oxygen atoms in total. The summed E-state index contributed by atoms with van der Waals surface area (Å²) in [6.07, 6.45) is 15.5. The van der Waals surface area contributed by atoms with E-state index in [9.17, 15) is 9.67 Å². The Labute approximate surface area is 134 Å². The Balaban J connectivity index is 1.35. The maximum Gasteiger partial charge on any atom is 0.484 e. The molecule has 3 fully saturated rings. The molecule has 3 rings (SSSR count). The topological polar surface area (TPSA) is 65.0 Å². The third-order valence-electron chi connectivity index (χ3n) is 4.47. The van der Waals surface area contributed by atoms with Crippen LogP contribution in [0.4, 0.5) is 0 Å². The summed E-state index contributed by atoms with van der Waals surface area (Å²) in [6, 6.07) is 0. The molecule has 0 radical (unpaired) electrons. The number of hydrogen-bond acceptors (Lipinski definition) is 5. The third kappa shape index (κ3) is 5.31. The zero-order valence-electron chi connectivity index (χ0n) is 13.8. The monoisotopic (exact) mass is 334 g/mol. The zero-order chi connectivity index (χ0) is 15.9. The maximum atomic E-state index is 11.4. The highest BCUT2D eigenvalue weighted by molar-refractivity contribution is 7.50. The molecular weight excluding hydrogens is 303 g/mol. The average Bonchev–Trinajstić information content (AvgIpc) is 2.84. The summed E-state index contributed by atoms with van der Waals surface area (Å²) < 4.78 is 26.0. The van der Waals surface area contributed by atoms with Gasteiger partial charge in [0, 0.05) is 0 Å². The van der Waals surface area contributed by atoms with Gasteiger partial charge in [-0.05, 0) is 6.42 Å². The van der Waals surface area contributed by atoms with Crippen molar-refractivity contribution in [1.29, 1.82) is 0 Å². The molecule has 3 aliphatic rings. The van der Waals surface area contributed by atoms with Crippen molar-refractivity contribution in [3.8, 4) is 0 Å². The summed E-state index contributed by atoms with van der Waals surface area (Å²) in [7, 11) is -3.36. The fraction of sp³-hybridized carbons (Fsp3) is 1.00. The first-order chi connectivity index (χ1) is 10.6. The minimum absolute atomic E-state index is 0.582. The van der Waals surface area contributed by atoms with Crippen LogP contribution in [0.15, 0.2) is 0 Å². The number of fused-ring (bicyclic) bond motifs is 1. The van der Waals surface area contributed by atoms with Gasteiger partial charge < -0.3 is 5.11 Å². The van der Waals surface area contributed by atoms with Gasteiger partial charge in [0.15, 0.2) is 6.10 Å². The second kappa shape index (κ2) is 8.79. The van der Waals surface area contributed by atoms with E-state index in [1.807, 2.05) is 0 Å². The molecule has 0 amide bonds. The van der Waals surface area contributed by atoms with E-state index in [2.05, 4.69) is 6.92 Å². The van der Waals surface area contributed by atoms with Crippen molar-refractivity contribution in [2.45, 2.75) is 102 Å². The van der Waals surface area contributed by atoms with Gasteiger partial charge in [-0.2, -0.15) is 0 Å². The summed E-state index contributed by atoms with van der Waals surface area (Å²) in [5.41, 5.74) is 0. The third-order valence-corrected chi connectivity index (χ3v) is 5.95. The highest BCUT2D eigenvalue weighted by atomic mass is 31.2. The van der Waals surface area contributed by atoms with Gasteiger partial charge in [-0.15, -0.1) is 0 Å². The number of phosphoric acid groups is 1. The fourth-order valence-corrected chi connectivity index (χ4v) is 4.64. The van der Waals surface area contributed by atoms with Gasteiger partial charge in [-0.1, -0.05) is 84.0 Å². The summed E-state index contributed by atoms with van der Waals surface area (Å²) in [5, 5.41) is 9.72. The van der Waals surface area contributed by atoms with Gasteiger partial charge in [0.1, 0.15) is 0 Å². The molecule has 1 atom stereocenters. The normalized spacial score (nSPS) is 33.1. The molecule has 22 heavy (non-hydrogen) atoms. The minimum Gasteiger partial charge on any atom is -0.341 e. The lowest BCUT2D eigenvalue weighted by atomic mass is 10.0. The molecule has 2 bridgehead atoms. The molecule has 3 heterocycles. The van der Waals surface area contributed by atoms with Gasteiger partial charge in [0.05, 0.1) is 0 Å². The Bertz CT molecular complexity index is 364. The summed E-state index contributed by atoms with van der Waals surface area (Å²) in [5.74, 6) is -1.73. The van der Waals surface area contributed by atoms with Crippen LogP contribution < -0.4 is 0 Å². The summed E-state index contributed by atoms with van der Waals surface area (Å²) in [6.45, 7) is 2.25. The SMILES string of the molecule is CCCCCCCCCCCCCCC1OP2(=O)OC1(O)O2. The molecule has 0 aromatic heterocycles. The molecule has 0 aromatic carbocycles. The number of unbranched alkanes of at least 4 members (excludes halogenated alkanes) is 11. The molecule has 3 aliphatic heterocycles. The van der Waals surface area contributed by atoms with E-state index in [4.69, 9.17) is 13.6 Å². The lowest BCUT2D eigenvalue weighted by molar-refractivity contribution is -0.324. The van der Waals surface area contributed by atoms with E-state index in [1.165, 1.54) is 64.2 Å². The van der Waals surface area contributed by atoms with Crippen molar-refractivity contribution in [1.82, 2.24) is 0 Å². The van der Waals surface area contributed by atoms with Crippen LogP contribution in [0.3, 0.4) is 0 Å². The molecule has 0 saturated carbocycles. The molecule has 0 aliphatic carbocycles. The smallest absolute Gasteiger partial charge is 0.341 e. The van der Waals surface area contributed by atoms with Crippen LogP contribution in [0.2, 0.25) is 0 Å². The van der Waals surface area contributed by atoms with Crippen LogP contribution in [0.25, 0.3) is 0 Å². The molecule has 1 unspecified atom stereocenters. The Kier molecular flexibility index (Phi) is 7.36. The first-order valence-electron chi connectivity index (χ1n) is 9.00. The average molecular weight is 334 g/mol. The van der Waals surface area contributed by atoms with Crippen molar-refractivity contribution in [3.05, 3.63) is 0 Å². The molecule has 6 heteroatoms. The quantitative estimate of drug-likeness (QED) is 0.367. The Morgan fingerprint density at radius 3 is 1.73 bits per heavy atom. The van der Waals surface area contributed by atoms with Crippen molar-refractivity contribution in [2.75, 3.05) is 0 Å². The zero-order valence-corrected chi connectivity index (χ0v) is 14.7. The minimum atomic E-state index is -3.36. The molecular formula is C16H31O5P. The fourth-order valence-electron chi connectivity index (χ4n) is 3.12. The van der Waals surface area contributed by atoms with Crippen LogP contribution in [0.5, 0.6) is 0 Å². The molecule has 3 saturated heterocycles. The van der Waals surface area contributed by atoms with Crippen molar-refractivity contribution in [2.24, 2.45) is 0 Å². The number of aliphatic hydroxyl groups is 1. The van der Waals surface area contributed by atoms with E-state index >= 15 is 0 Å². The summed E-state index contributed by atoms with van der Waals surface area (Å²) >= 11 is 0. The van der Waals surface area contributed by atoms with E-state index in [-0.39, 0.29) is 0 Å². The van der Waals surface area contributed by atoms with Gasteiger partial charge in [-0.25, -0.2) is 13.6 Å². The molecule has 1 N–H and O–H groups in total. The number of phosphoric ester groups is 1. The predicted molar refractivity (Wildman–Crippen MR) is 85.3 cm³/mol. The van der Waals surface area contributed by atoms with E-state index in [0.29, 0.717) is 6.42 Å². The van der Waals surface area contributed by atoms with Gasteiger partial charge >= 0.3 is 13.8 Å². The lowest BCUT2D eigenvalue weighted by Gasteiger charge is -2.29. The summed E-state index contributed by atoms with van der Waals surface area (Å²) in [4.78, 5) is 0. The van der Waals surface area contributed by atoms with Crippen LogP contribution in [-0.2, 0) is 18.1 Å². The van der Waals surface area contributed by atoms with Gasteiger partial charge in [0.2, 0.25) is 0 Å². The van der Waals surface area contributed by atoms with Crippen molar-refractivity contribution < 1.29 is 23.2 Å². The highest BCUT2D eigenvalue weighted by Gasteiger charge is 2.70. The first kappa shape index (κ1) is 18.4. The van der Waals surface area contributed by atoms with Crippen LogP contribution in [0, 0.1) is 0 Å². The second-order valence-electron chi connectivity index (χ2n) is 6.53. The van der Waals surface area contributed by atoms with Crippen LogP contribution in [0.1, 0.15) is 90.4 Å². The first-order valence-corrected chi connectivity index (χ1v) is 10.5. The van der Waals surface area contributed by atoms with Crippen LogP contribution in [-0.4, -0.2) is 17.2 Å². The Morgan fingerprint density at radius 2 is 1.32 bits per heavy atom.